The minimum Gasteiger partial charge on any atom is -0.497 e. The van der Waals surface area contributed by atoms with E-state index in [1.165, 1.54) is 0 Å². The van der Waals surface area contributed by atoms with Gasteiger partial charge in [0.1, 0.15) is 5.75 Å². The number of benzene rings is 1. The first-order chi connectivity index (χ1) is 9.32. The van der Waals surface area contributed by atoms with Crippen molar-refractivity contribution < 1.29 is 19.4 Å². The van der Waals surface area contributed by atoms with Crippen LogP contribution in [0, 0.1) is 5.41 Å². The van der Waals surface area contributed by atoms with Crippen LogP contribution in [0.15, 0.2) is 24.3 Å². The highest BCUT2D eigenvalue weighted by Crippen LogP contribution is 2.24. The summed E-state index contributed by atoms with van der Waals surface area (Å²) in [6.07, 6.45) is 0.165. The van der Waals surface area contributed by atoms with Crippen LogP contribution in [0.2, 0.25) is 0 Å². The van der Waals surface area contributed by atoms with E-state index in [4.69, 9.17) is 9.84 Å². The second kappa shape index (κ2) is 6.93. The Labute approximate surface area is 118 Å². The average Bonchev–Trinajstić information content (AvgIpc) is 2.34. The zero-order valence-corrected chi connectivity index (χ0v) is 12.1. The van der Waals surface area contributed by atoms with Gasteiger partial charge in [0.2, 0.25) is 5.91 Å². The summed E-state index contributed by atoms with van der Waals surface area (Å²) in [5.41, 5.74) is 0.422. The normalized spacial score (nSPS) is 10.9. The maximum atomic E-state index is 11.8. The van der Waals surface area contributed by atoms with E-state index in [1.807, 2.05) is 24.3 Å². The van der Waals surface area contributed by atoms with Gasteiger partial charge in [-0.05, 0) is 23.1 Å². The van der Waals surface area contributed by atoms with Crippen LogP contribution in [-0.4, -0.2) is 24.1 Å². The Kier molecular flexibility index (Phi) is 5.55. The number of amides is 1. The summed E-state index contributed by atoms with van der Waals surface area (Å²) < 4.78 is 5.05. The van der Waals surface area contributed by atoms with Gasteiger partial charge in [0, 0.05) is 13.0 Å². The van der Waals surface area contributed by atoms with Crippen molar-refractivity contribution in [1.29, 1.82) is 0 Å². The molecule has 0 aromatic heterocycles. The molecule has 0 heterocycles. The summed E-state index contributed by atoms with van der Waals surface area (Å²) in [4.78, 5) is 22.5. The van der Waals surface area contributed by atoms with Gasteiger partial charge in [0.05, 0.1) is 13.5 Å². The monoisotopic (exact) mass is 279 g/mol. The van der Waals surface area contributed by atoms with Crippen molar-refractivity contribution in [3.63, 3.8) is 0 Å². The van der Waals surface area contributed by atoms with Gasteiger partial charge in [0.25, 0.3) is 0 Å². The fourth-order valence-electron chi connectivity index (χ4n) is 1.91. The van der Waals surface area contributed by atoms with Gasteiger partial charge < -0.3 is 15.2 Å². The molecular formula is C15H21NO4. The topological polar surface area (TPSA) is 75.6 Å². The molecule has 1 rings (SSSR count). The van der Waals surface area contributed by atoms with Gasteiger partial charge in [-0.1, -0.05) is 26.0 Å². The maximum Gasteiger partial charge on any atom is 0.303 e. The summed E-state index contributed by atoms with van der Waals surface area (Å²) in [6.45, 7) is 3.97. The van der Waals surface area contributed by atoms with Crippen LogP contribution in [0.4, 0.5) is 0 Å². The third-order valence-corrected chi connectivity index (χ3v) is 2.92. The predicted octanol–water partition coefficient (Wildman–Crippen LogP) is 2.20. The quantitative estimate of drug-likeness (QED) is 0.802. The number of aliphatic carboxylic acids is 1. The fraction of sp³-hybridized carbons (Fsp3) is 0.467. The van der Waals surface area contributed by atoms with E-state index >= 15 is 0 Å². The van der Waals surface area contributed by atoms with E-state index in [9.17, 15) is 9.59 Å². The van der Waals surface area contributed by atoms with Crippen molar-refractivity contribution in [3.05, 3.63) is 29.8 Å². The molecule has 1 amide bonds. The molecule has 2 N–H and O–H groups in total. The third kappa shape index (κ3) is 5.73. The minimum atomic E-state index is -0.891. The van der Waals surface area contributed by atoms with Gasteiger partial charge in [-0.25, -0.2) is 0 Å². The van der Waals surface area contributed by atoms with Crippen molar-refractivity contribution in [3.8, 4) is 5.75 Å². The molecule has 0 aliphatic carbocycles. The highest BCUT2D eigenvalue weighted by atomic mass is 16.5. The molecule has 0 aliphatic heterocycles. The summed E-state index contributed by atoms with van der Waals surface area (Å²) in [5.74, 6) is -0.271. The van der Waals surface area contributed by atoms with Crippen LogP contribution < -0.4 is 10.1 Å². The number of rotatable bonds is 7. The number of methoxy groups -OCH3 is 1. The lowest BCUT2D eigenvalue weighted by Gasteiger charge is -2.21. The molecule has 1 aromatic rings. The molecule has 20 heavy (non-hydrogen) atoms. The van der Waals surface area contributed by atoms with E-state index in [2.05, 4.69) is 5.32 Å². The lowest BCUT2D eigenvalue weighted by atomic mass is 9.85. The molecule has 0 saturated heterocycles. The first kappa shape index (κ1) is 16.0. The number of carbonyl (C=O) groups excluding carboxylic acids is 1. The molecule has 5 nitrogen and oxygen atoms in total. The van der Waals surface area contributed by atoms with Crippen LogP contribution in [0.5, 0.6) is 5.75 Å². The summed E-state index contributed by atoms with van der Waals surface area (Å²) in [7, 11) is 1.60. The van der Waals surface area contributed by atoms with Gasteiger partial charge in [-0.3, -0.25) is 9.59 Å². The molecule has 0 radical (unpaired) electrons. The second-order valence-corrected chi connectivity index (χ2v) is 5.54. The van der Waals surface area contributed by atoms with Crippen molar-refractivity contribution in [2.45, 2.75) is 33.2 Å². The van der Waals surface area contributed by atoms with Crippen LogP contribution in [0.25, 0.3) is 0 Å². The SMILES string of the molecule is COc1ccc(CNC(=O)CC(C)(C)CC(=O)O)cc1. The van der Waals surface area contributed by atoms with Crippen molar-refractivity contribution in [1.82, 2.24) is 5.32 Å². The second-order valence-electron chi connectivity index (χ2n) is 5.54. The molecule has 0 aliphatic rings. The molecule has 0 fully saturated rings. The number of nitrogens with one attached hydrogen (secondary N) is 1. The zero-order chi connectivity index (χ0) is 15.2. The molecule has 0 atom stereocenters. The lowest BCUT2D eigenvalue weighted by Crippen LogP contribution is -2.29. The van der Waals surface area contributed by atoms with Crippen LogP contribution in [-0.2, 0) is 16.1 Å². The highest BCUT2D eigenvalue weighted by molar-refractivity contribution is 5.77. The van der Waals surface area contributed by atoms with Crippen molar-refractivity contribution in [2.75, 3.05) is 7.11 Å². The van der Waals surface area contributed by atoms with Gasteiger partial charge in [0.15, 0.2) is 0 Å². The lowest BCUT2D eigenvalue weighted by molar-refractivity contribution is -0.139. The Morgan fingerprint density at radius 1 is 1.20 bits per heavy atom. The molecule has 0 spiro atoms. The molecule has 5 heteroatoms. The predicted molar refractivity (Wildman–Crippen MR) is 75.5 cm³/mol. The van der Waals surface area contributed by atoms with E-state index < -0.39 is 11.4 Å². The minimum absolute atomic E-state index is 0.0248. The van der Waals surface area contributed by atoms with Gasteiger partial charge in [-0.2, -0.15) is 0 Å². The Hall–Kier alpha value is -2.04. The Balaban J connectivity index is 2.44. The molecule has 0 saturated carbocycles. The van der Waals surface area contributed by atoms with Crippen molar-refractivity contribution >= 4 is 11.9 Å². The van der Waals surface area contributed by atoms with E-state index in [1.54, 1.807) is 21.0 Å². The average molecular weight is 279 g/mol. The largest absolute Gasteiger partial charge is 0.497 e. The Morgan fingerprint density at radius 2 is 1.80 bits per heavy atom. The number of carboxylic acids is 1. The van der Waals surface area contributed by atoms with E-state index in [0.717, 1.165) is 11.3 Å². The highest BCUT2D eigenvalue weighted by Gasteiger charge is 2.24. The molecule has 0 unspecified atom stereocenters. The number of hydrogen-bond acceptors (Lipinski definition) is 3. The first-order valence-electron chi connectivity index (χ1n) is 6.44. The number of carbonyl (C=O) groups is 2. The first-order valence-corrected chi connectivity index (χ1v) is 6.44. The molecule has 1 aromatic carbocycles. The molecule has 110 valence electrons. The number of carboxylic acid groups (broad SMARTS) is 1. The summed E-state index contributed by atoms with van der Waals surface area (Å²) in [6, 6.07) is 7.41. The zero-order valence-electron chi connectivity index (χ0n) is 12.1. The fourth-order valence-corrected chi connectivity index (χ4v) is 1.91. The molecule has 0 bridgehead atoms. The van der Waals surface area contributed by atoms with Crippen LogP contribution in [0.3, 0.4) is 0 Å². The summed E-state index contributed by atoms with van der Waals surface area (Å²) >= 11 is 0. The smallest absolute Gasteiger partial charge is 0.303 e. The van der Waals surface area contributed by atoms with Crippen molar-refractivity contribution in [2.24, 2.45) is 5.41 Å². The maximum absolute atomic E-state index is 11.8. The summed E-state index contributed by atoms with van der Waals surface area (Å²) in [5, 5.41) is 11.6. The van der Waals surface area contributed by atoms with Crippen LogP contribution >= 0.6 is 0 Å². The van der Waals surface area contributed by atoms with E-state index in [-0.39, 0.29) is 18.7 Å². The number of hydrogen-bond donors (Lipinski definition) is 2. The standard InChI is InChI=1S/C15H21NO4/c1-15(2,9-14(18)19)8-13(17)16-10-11-4-6-12(20-3)7-5-11/h4-7H,8-10H2,1-3H3,(H,16,17)(H,18,19). The number of ether oxygens (including phenoxy) is 1. The Bertz CT molecular complexity index is 465. The van der Waals surface area contributed by atoms with Gasteiger partial charge >= 0.3 is 5.97 Å². The van der Waals surface area contributed by atoms with E-state index in [0.29, 0.717) is 6.54 Å². The van der Waals surface area contributed by atoms with Crippen LogP contribution in [0.1, 0.15) is 32.3 Å². The Morgan fingerprint density at radius 3 is 2.30 bits per heavy atom. The molecular weight excluding hydrogens is 258 g/mol. The third-order valence-electron chi connectivity index (χ3n) is 2.92. The van der Waals surface area contributed by atoms with Gasteiger partial charge in [-0.15, -0.1) is 0 Å².